The predicted octanol–water partition coefficient (Wildman–Crippen LogP) is 3.29. The third-order valence-electron chi connectivity index (χ3n) is 4.24. The molecule has 31 heavy (non-hydrogen) atoms. The summed E-state index contributed by atoms with van der Waals surface area (Å²) in [4.78, 5) is 33.5. The van der Waals surface area contributed by atoms with Crippen LogP contribution in [0.4, 0.5) is 19.0 Å². The van der Waals surface area contributed by atoms with Gasteiger partial charge in [0.05, 0.1) is 23.1 Å². The molecular formula is C20H13F3N6O2. The summed E-state index contributed by atoms with van der Waals surface area (Å²) in [5.74, 6) is -0.418. The third-order valence-corrected chi connectivity index (χ3v) is 4.24. The molecule has 1 amide bonds. The van der Waals surface area contributed by atoms with Gasteiger partial charge in [-0.2, -0.15) is 18.3 Å². The lowest BCUT2D eigenvalue weighted by Crippen LogP contribution is -2.16. The largest absolute Gasteiger partial charge is 0.433 e. The molecule has 0 saturated carbocycles. The highest BCUT2D eigenvalue weighted by molar-refractivity contribution is 6.03. The molecule has 0 saturated heterocycles. The van der Waals surface area contributed by atoms with E-state index in [1.165, 1.54) is 42.9 Å². The van der Waals surface area contributed by atoms with Crippen LogP contribution in [0.15, 0.2) is 72.0 Å². The second-order valence-electron chi connectivity index (χ2n) is 6.36. The first-order valence-electron chi connectivity index (χ1n) is 8.85. The minimum atomic E-state index is -4.65. The van der Waals surface area contributed by atoms with Gasteiger partial charge >= 0.3 is 6.18 Å². The van der Waals surface area contributed by atoms with Gasteiger partial charge in [0.15, 0.2) is 0 Å². The van der Waals surface area contributed by atoms with Gasteiger partial charge in [-0.3, -0.25) is 14.6 Å². The fourth-order valence-electron chi connectivity index (χ4n) is 2.76. The molecule has 8 nitrogen and oxygen atoms in total. The summed E-state index contributed by atoms with van der Waals surface area (Å²) in [7, 11) is 0. The van der Waals surface area contributed by atoms with Crippen LogP contribution in [0, 0.1) is 0 Å². The van der Waals surface area contributed by atoms with E-state index in [2.05, 4.69) is 25.4 Å². The summed E-state index contributed by atoms with van der Waals surface area (Å²) < 4.78 is 41.4. The van der Waals surface area contributed by atoms with Crippen LogP contribution in [-0.2, 0) is 6.18 Å². The average Bonchev–Trinajstić information content (AvgIpc) is 3.21. The average molecular weight is 426 g/mol. The molecular weight excluding hydrogens is 413 g/mol. The smallest absolute Gasteiger partial charge is 0.328 e. The number of carbonyl (C=O) groups excluding carboxylic acids is 1. The molecule has 4 rings (SSSR count). The van der Waals surface area contributed by atoms with Crippen LogP contribution in [0.25, 0.3) is 16.9 Å². The first-order valence-corrected chi connectivity index (χ1v) is 8.85. The lowest BCUT2D eigenvalue weighted by atomic mass is 10.2. The zero-order valence-corrected chi connectivity index (χ0v) is 15.6. The molecule has 11 heteroatoms. The molecule has 0 aliphatic carbocycles. The van der Waals surface area contributed by atoms with Crippen molar-refractivity contribution in [2.45, 2.75) is 6.18 Å². The van der Waals surface area contributed by atoms with E-state index in [0.29, 0.717) is 5.56 Å². The van der Waals surface area contributed by atoms with Crippen molar-refractivity contribution in [3.8, 4) is 16.9 Å². The van der Waals surface area contributed by atoms with Crippen LogP contribution in [0.5, 0.6) is 0 Å². The molecule has 0 atom stereocenters. The summed E-state index contributed by atoms with van der Waals surface area (Å²) >= 11 is 0. The van der Waals surface area contributed by atoms with Crippen molar-refractivity contribution in [2.24, 2.45) is 0 Å². The Hall–Kier alpha value is -4.28. The highest BCUT2D eigenvalue weighted by Gasteiger charge is 2.36. The minimum absolute atomic E-state index is 0.0597. The molecule has 4 heterocycles. The lowest BCUT2D eigenvalue weighted by Gasteiger charge is -2.10. The number of nitrogens with zero attached hydrogens (tertiary/aromatic N) is 4. The summed E-state index contributed by atoms with van der Waals surface area (Å²) in [6.07, 6.45) is 0.684. The highest BCUT2D eigenvalue weighted by Crippen LogP contribution is 2.33. The summed E-state index contributed by atoms with van der Waals surface area (Å²) in [5.41, 5.74) is -0.537. The van der Waals surface area contributed by atoms with Gasteiger partial charge in [0.1, 0.15) is 11.5 Å². The second kappa shape index (κ2) is 7.86. The number of amides is 1. The molecule has 0 aliphatic heterocycles. The van der Waals surface area contributed by atoms with E-state index in [1.54, 1.807) is 12.1 Å². The van der Waals surface area contributed by atoms with Crippen LogP contribution in [0.2, 0.25) is 0 Å². The first-order chi connectivity index (χ1) is 14.8. The van der Waals surface area contributed by atoms with Gasteiger partial charge in [0, 0.05) is 30.2 Å². The van der Waals surface area contributed by atoms with E-state index in [9.17, 15) is 22.8 Å². The topological polar surface area (TPSA) is 106 Å². The number of carbonyl (C=O) groups is 1. The van der Waals surface area contributed by atoms with Gasteiger partial charge < -0.3 is 10.3 Å². The van der Waals surface area contributed by atoms with E-state index in [-0.39, 0.29) is 28.3 Å². The molecule has 4 aromatic heterocycles. The molecule has 0 spiro atoms. The van der Waals surface area contributed by atoms with Crippen molar-refractivity contribution >= 4 is 11.7 Å². The highest BCUT2D eigenvalue weighted by atomic mass is 19.4. The zero-order valence-electron chi connectivity index (χ0n) is 15.6. The Morgan fingerprint density at radius 2 is 1.94 bits per heavy atom. The second-order valence-corrected chi connectivity index (χ2v) is 6.36. The molecule has 156 valence electrons. The van der Waals surface area contributed by atoms with Crippen molar-refractivity contribution in [1.82, 2.24) is 24.7 Å². The number of nitrogens with one attached hydrogen (secondary N) is 2. The molecule has 0 bridgehead atoms. The Bertz CT molecular complexity index is 1260. The van der Waals surface area contributed by atoms with Crippen LogP contribution >= 0.6 is 0 Å². The summed E-state index contributed by atoms with van der Waals surface area (Å²) in [6, 6.07) is 9.37. The fraction of sp³-hybridized carbons (Fsp3) is 0.0500. The lowest BCUT2D eigenvalue weighted by molar-refractivity contribution is -0.142. The van der Waals surface area contributed by atoms with Crippen molar-refractivity contribution < 1.29 is 18.0 Å². The van der Waals surface area contributed by atoms with Gasteiger partial charge in [0.2, 0.25) is 5.56 Å². The number of alkyl halides is 3. The summed E-state index contributed by atoms with van der Waals surface area (Å²) in [6.45, 7) is 0. The standard InChI is InChI=1S/C20H13F3N6O2/c21-20(22,23)16-8-15(12-2-1-7-24-9-12)28-29(16)14-4-5-17(25-11-14)27-19(31)13-3-6-18(30)26-10-13/h1-11H,(H,26,30)(H,25,27,31). The molecule has 0 unspecified atom stereocenters. The number of hydrogen-bond donors (Lipinski definition) is 2. The number of H-pyrrole nitrogens is 1. The van der Waals surface area contributed by atoms with Crippen molar-refractivity contribution in [3.05, 3.63) is 88.9 Å². The Morgan fingerprint density at radius 3 is 2.55 bits per heavy atom. The Morgan fingerprint density at radius 1 is 1.10 bits per heavy atom. The maximum Gasteiger partial charge on any atom is 0.433 e. The quantitative estimate of drug-likeness (QED) is 0.521. The Kier molecular flexibility index (Phi) is 5.07. The van der Waals surface area contributed by atoms with Crippen molar-refractivity contribution in [1.29, 1.82) is 0 Å². The third kappa shape index (κ3) is 4.34. The van der Waals surface area contributed by atoms with Crippen molar-refractivity contribution in [2.75, 3.05) is 5.32 Å². The maximum absolute atomic E-state index is 13.6. The molecule has 0 radical (unpaired) electrons. The first kappa shape index (κ1) is 20.0. The number of aromatic nitrogens is 5. The van der Waals surface area contributed by atoms with Gasteiger partial charge in [0.25, 0.3) is 5.91 Å². The van der Waals surface area contributed by atoms with Gasteiger partial charge in [-0.05, 0) is 36.4 Å². The number of anilines is 1. The number of hydrogen-bond acceptors (Lipinski definition) is 5. The molecule has 4 aromatic rings. The molecule has 0 fully saturated rings. The molecule has 2 N–H and O–H groups in total. The fourth-order valence-corrected chi connectivity index (χ4v) is 2.76. The van der Waals surface area contributed by atoms with E-state index in [4.69, 9.17) is 0 Å². The number of pyridine rings is 3. The zero-order chi connectivity index (χ0) is 22.0. The maximum atomic E-state index is 13.6. The number of halogens is 3. The Labute approximate surface area is 172 Å². The van der Waals surface area contributed by atoms with Crippen LogP contribution in [0.3, 0.4) is 0 Å². The van der Waals surface area contributed by atoms with E-state index in [1.807, 2.05) is 0 Å². The van der Waals surface area contributed by atoms with Crippen LogP contribution in [-0.4, -0.2) is 30.6 Å². The monoisotopic (exact) mass is 426 g/mol. The normalized spacial score (nSPS) is 11.3. The van der Waals surface area contributed by atoms with Gasteiger partial charge in [-0.25, -0.2) is 9.67 Å². The SMILES string of the molecule is O=C(Nc1ccc(-n2nc(-c3cccnc3)cc2C(F)(F)F)cn1)c1ccc(=O)[nH]c1. The number of aromatic amines is 1. The summed E-state index contributed by atoms with van der Waals surface area (Å²) in [5, 5.41) is 6.56. The van der Waals surface area contributed by atoms with E-state index in [0.717, 1.165) is 16.9 Å². The Balaban J connectivity index is 1.62. The van der Waals surface area contributed by atoms with Crippen LogP contribution in [0.1, 0.15) is 16.1 Å². The molecule has 0 aliphatic rings. The number of rotatable bonds is 4. The van der Waals surface area contributed by atoms with Crippen molar-refractivity contribution in [3.63, 3.8) is 0 Å². The van der Waals surface area contributed by atoms with E-state index < -0.39 is 17.8 Å². The minimum Gasteiger partial charge on any atom is -0.328 e. The van der Waals surface area contributed by atoms with Crippen LogP contribution < -0.4 is 10.9 Å². The van der Waals surface area contributed by atoms with E-state index >= 15 is 0 Å². The van der Waals surface area contributed by atoms with Gasteiger partial charge in [-0.15, -0.1) is 0 Å². The molecule has 0 aromatic carbocycles. The predicted molar refractivity (Wildman–Crippen MR) is 105 cm³/mol. The van der Waals surface area contributed by atoms with Gasteiger partial charge in [-0.1, -0.05) is 0 Å².